The Morgan fingerprint density at radius 3 is 1.88 bits per heavy atom. The molecule has 0 atom stereocenters. The maximum absolute atomic E-state index is 12.6. The highest BCUT2D eigenvalue weighted by Crippen LogP contribution is 2.52. The largest absolute Gasteiger partial charge is 0.496 e. The van der Waals surface area contributed by atoms with Crippen molar-refractivity contribution in [2.75, 3.05) is 33.0 Å². The molecule has 0 spiro atoms. The predicted octanol–water partition coefficient (Wildman–Crippen LogP) is 5.18. The summed E-state index contributed by atoms with van der Waals surface area (Å²) in [7, 11) is -9.36. The van der Waals surface area contributed by atoms with Gasteiger partial charge in [0.05, 0.1) is 49.8 Å². The van der Waals surface area contributed by atoms with Crippen LogP contribution in [0.25, 0.3) is 33.2 Å². The van der Waals surface area contributed by atoms with E-state index in [4.69, 9.17) is 26.8 Å². The van der Waals surface area contributed by atoms with Crippen LogP contribution in [0.1, 0.15) is 5.69 Å². The van der Waals surface area contributed by atoms with Crippen molar-refractivity contribution in [1.29, 1.82) is 0 Å². The average molecular weight is 730 g/mol. The van der Waals surface area contributed by atoms with Gasteiger partial charge >= 0.3 is 30.4 Å². The van der Waals surface area contributed by atoms with E-state index in [1.807, 2.05) is 30.3 Å². The van der Waals surface area contributed by atoms with Crippen molar-refractivity contribution in [2.24, 2.45) is 0 Å². The molecular formula is C33H31NO12S3. The summed E-state index contributed by atoms with van der Waals surface area (Å²) < 4.78 is 106. The van der Waals surface area contributed by atoms with Gasteiger partial charge < -0.3 is 26.8 Å². The Kier molecular flexibility index (Phi) is 9.94. The van der Waals surface area contributed by atoms with Crippen LogP contribution >= 0.6 is 0 Å². The van der Waals surface area contributed by atoms with E-state index in [9.17, 15) is 25.3 Å². The molecule has 5 aromatic rings. The summed E-state index contributed by atoms with van der Waals surface area (Å²) >= 11 is 0. The molecule has 0 amide bonds. The fraction of sp³-hybridized carbons (Fsp3) is 0.182. The van der Waals surface area contributed by atoms with Gasteiger partial charge in [-0.15, -0.1) is 0 Å². The van der Waals surface area contributed by atoms with Crippen molar-refractivity contribution >= 4 is 41.3 Å². The van der Waals surface area contributed by atoms with E-state index in [1.165, 1.54) is 50.6 Å². The fourth-order valence-corrected chi connectivity index (χ4v) is 6.29. The van der Waals surface area contributed by atoms with Gasteiger partial charge in [0, 0.05) is 10.9 Å². The van der Waals surface area contributed by atoms with Crippen LogP contribution in [-0.2, 0) is 37.0 Å². The highest BCUT2D eigenvalue weighted by Gasteiger charge is 2.27. The van der Waals surface area contributed by atoms with Crippen LogP contribution in [0.15, 0.2) is 84.9 Å². The molecule has 13 nitrogen and oxygen atoms in total. The number of ether oxygens (including phenoxy) is 3. The third kappa shape index (κ3) is 8.90. The van der Waals surface area contributed by atoms with Gasteiger partial charge in [0.15, 0.2) is 23.0 Å². The lowest BCUT2D eigenvalue weighted by Crippen LogP contribution is -2.10. The first kappa shape index (κ1) is 35.3. The predicted molar refractivity (Wildman–Crippen MR) is 183 cm³/mol. The summed E-state index contributed by atoms with van der Waals surface area (Å²) in [5.41, 5.74) is 2.44. The van der Waals surface area contributed by atoms with Gasteiger partial charge in [-0.25, -0.2) is 4.98 Å². The minimum atomic E-state index is -4.17. The molecule has 4 aromatic carbocycles. The van der Waals surface area contributed by atoms with Crippen molar-refractivity contribution in [3.05, 3.63) is 90.6 Å². The Labute approximate surface area is 284 Å². The molecule has 0 N–H and O–H groups in total. The third-order valence-corrected chi connectivity index (χ3v) is 8.22. The van der Waals surface area contributed by atoms with E-state index in [0.717, 1.165) is 29.7 Å². The van der Waals surface area contributed by atoms with Crippen LogP contribution in [0.3, 0.4) is 0 Å². The van der Waals surface area contributed by atoms with Crippen LogP contribution in [-0.4, -0.2) is 63.2 Å². The van der Waals surface area contributed by atoms with Crippen molar-refractivity contribution in [3.8, 4) is 56.8 Å². The monoisotopic (exact) mass is 729 g/mol. The first-order valence-electron chi connectivity index (χ1n) is 14.2. The van der Waals surface area contributed by atoms with E-state index in [-0.39, 0.29) is 52.2 Å². The van der Waals surface area contributed by atoms with Crippen molar-refractivity contribution in [2.45, 2.75) is 6.61 Å². The van der Waals surface area contributed by atoms with Gasteiger partial charge in [-0.2, -0.15) is 25.3 Å². The molecule has 16 heteroatoms. The number of benzene rings is 4. The zero-order chi connectivity index (χ0) is 35.6. The average Bonchev–Trinajstić information content (AvgIpc) is 3.01. The lowest BCUT2D eigenvalue weighted by Gasteiger charge is -2.21. The maximum atomic E-state index is 12.6. The quantitative estimate of drug-likeness (QED) is 0.145. The van der Waals surface area contributed by atoms with Gasteiger partial charge in [-0.05, 0) is 53.6 Å². The van der Waals surface area contributed by atoms with Crippen molar-refractivity contribution in [3.63, 3.8) is 0 Å². The summed E-state index contributed by atoms with van der Waals surface area (Å²) in [5.74, 6) is -0.253. The minimum absolute atomic E-state index is 0.0212. The zero-order valence-corrected chi connectivity index (χ0v) is 29.3. The minimum Gasteiger partial charge on any atom is -0.496 e. The first-order chi connectivity index (χ1) is 23.0. The van der Waals surface area contributed by atoms with E-state index >= 15 is 0 Å². The smallest absolute Gasteiger partial charge is 0.306 e. The molecule has 0 unspecified atom stereocenters. The van der Waals surface area contributed by atoms with Gasteiger partial charge in [-0.1, -0.05) is 42.5 Å². The summed E-state index contributed by atoms with van der Waals surface area (Å²) in [6, 6.07) is 23.0. The summed E-state index contributed by atoms with van der Waals surface area (Å²) in [5, 5.41) is 0.942. The molecule has 1 aromatic heterocycles. The number of aromatic nitrogens is 1. The Bertz CT molecular complexity index is 2360. The summed E-state index contributed by atoms with van der Waals surface area (Å²) in [4.78, 5) is 4.58. The summed E-state index contributed by atoms with van der Waals surface area (Å²) in [6.45, 7) is -0.0212. The van der Waals surface area contributed by atoms with Crippen molar-refractivity contribution < 1.29 is 52.0 Å². The molecule has 49 heavy (non-hydrogen) atoms. The van der Waals surface area contributed by atoms with Gasteiger partial charge in [0.2, 0.25) is 0 Å². The van der Waals surface area contributed by atoms with Crippen molar-refractivity contribution in [1.82, 2.24) is 4.98 Å². The molecule has 0 aliphatic heterocycles. The number of hydrogen-bond acceptors (Lipinski definition) is 13. The first-order valence-corrected chi connectivity index (χ1v) is 19.7. The van der Waals surface area contributed by atoms with E-state index < -0.39 is 30.4 Å². The number of hydrogen-bond donors (Lipinski definition) is 0. The second kappa shape index (κ2) is 13.8. The SMILES string of the molecule is COc1cc(-c2ccc(OS(C)(=O)=O)cc2)c(OC)c(OS(C)(=O)=O)c1-c1ccc(OCc2ccc3ccccc3n2)c(OS(C)(=O)=O)c1. The molecule has 0 aliphatic carbocycles. The third-order valence-electron chi connectivity index (χ3n) is 6.78. The van der Waals surface area contributed by atoms with Gasteiger partial charge in [-0.3, -0.25) is 0 Å². The molecule has 0 saturated carbocycles. The Morgan fingerprint density at radius 2 is 1.24 bits per heavy atom. The molecule has 258 valence electrons. The Hall–Kier alpha value is -5.06. The number of methoxy groups -OCH3 is 2. The number of para-hydroxylation sites is 1. The number of nitrogens with zero attached hydrogens (tertiary/aromatic N) is 1. The fourth-order valence-electron chi connectivity index (χ4n) is 4.92. The number of rotatable bonds is 13. The normalized spacial score (nSPS) is 11.9. The van der Waals surface area contributed by atoms with E-state index in [0.29, 0.717) is 16.8 Å². The zero-order valence-electron chi connectivity index (χ0n) is 26.9. The second-order valence-corrected chi connectivity index (χ2v) is 15.4. The summed E-state index contributed by atoms with van der Waals surface area (Å²) in [6.07, 6.45) is 2.63. The topological polar surface area (TPSA) is 171 Å². The number of fused-ring (bicyclic) bond motifs is 1. The maximum Gasteiger partial charge on any atom is 0.306 e. The highest BCUT2D eigenvalue weighted by atomic mass is 32.2. The van der Waals surface area contributed by atoms with E-state index in [1.54, 1.807) is 18.2 Å². The van der Waals surface area contributed by atoms with Crippen LogP contribution in [0.4, 0.5) is 0 Å². The molecule has 0 radical (unpaired) electrons. The molecule has 0 aliphatic rings. The van der Waals surface area contributed by atoms with Crippen LogP contribution in [0.5, 0.6) is 34.5 Å². The van der Waals surface area contributed by atoms with E-state index in [2.05, 4.69) is 4.98 Å². The molecular weight excluding hydrogens is 699 g/mol. The molecule has 0 bridgehead atoms. The standard InChI is InChI=1S/C33H31NO12S3/c1-41-30-19-26(21-11-15-25(16-12-21)44-47(3,35)36)32(42-2)33(46-49(5,39)40)31(30)23-13-17-28(29(18-23)45-48(4,37)38)43-20-24-14-10-22-8-6-7-9-27(22)34-24/h6-19H,20H2,1-5H3. The highest BCUT2D eigenvalue weighted by molar-refractivity contribution is 7.86. The van der Waals surface area contributed by atoms with Gasteiger partial charge in [0.1, 0.15) is 18.1 Å². The van der Waals surface area contributed by atoms with Crippen LogP contribution in [0.2, 0.25) is 0 Å². The molecule has 1 heterocycles. The van der Waals surface area contributed by atoms with Crippen LogP contribution < -0.4 is 26.8 Å². The molecule has 5 rings (SSSR count). The molecule has 0 saturated heterocycles. The Morgan fingerprint density at radius 1 is 0.592 bits per heavy atom. The lowest BCUT2D eigenvalue weighted by atomic mass is 9.96. The Balaban J connectivity index is 1.63. The van der Waals surface area contributed by atoms with Crippen LogP contribution in [0, 0.1) is 0 Å². The lowest BCUT2D eigenvalue weighted by molar-refractivity contribution is 0.292. The second-order valence-electron chi connectivity index (χ2n) is 10.7. The molecule has 0 fully saturated rings. The number of pyridine rings is 1. The van der Waals surface area contributed by atoms with Gasteiger partial charge in [0.25, 0.3) is 0 Å².